The van der Waals surface area contributed by atoms with Gasteiger partial charge in [-0.2, -0.15) is 0 Å². The molecule has 2 heterocycles. The number of aryl methyl sites for hydroxylation is 3. The van der Waals surface area contributed by atoms with Gasteiger partial charge in [-0.15, -0.1) is 0 Å². The van der Waals surface area contributed by atoms with Crippen LogP contribution in [0.1, 0.15) is 36.6 Å². The lowest BCUT2D eigenvalue weighted by molar-refractivity contribution is 0.0375. The fourth-order valence-corrected chi connectivity index (χ4v) is 3.79. The first kappa shape index (κ1) is 16.5. The third kappa shape index (κ3) is 3.61. The predicted molar refractivity (Wildman–Crippen MR) is 97.3 cm³/mol. The zero-order chi connectivity index (χ0) is 16.2. The van der Waals surface area contributed by atoms with Crippen LogP contribution in [0.2, 0.25) is 0 Å². The number of aromatic nitrogens is 1. The first-order valence-electron chi connectivity index (χ1n) is 9.09. The smallest absolute Gasteiger partial charge is 0.0594 e. The molecule has 0 aliphatic carbocycles. The molecule has 2 aromatic rings. The van der Waals surface area contributed by atoms with Gasteiger partial charge >= 0.3 is 0 Å². The van der Waals surface area contributed by atoms with Crippen molar-refractivity contribution in [1.82, 2.24) is 9.47 Å². The van der Waals surface area contributed by atoms with E-state index in [1.54, 1.807) is 5.56 Å². The molecule has 126 valence electrons. The maximum atomic E-state index is 5.44. The Balaban J connectivity index is 1.77. The number of rotatable bonds is 6. The molecule has 0 amide bonds. The Morgan fingerprint density at radius 2 is 1.87 bits per heavy atom. The minimum atomic E-state index is 0.897. The summed E-state index contributed by atoms with van der Waals surface area (Å²) in [6.45, 7) is 13.0. The number of ether oxygens (including phenoxy) is 1. The van der Waals surface area contributed by atoms with Crippen LogP contribution in [0.3, 0.4) is 0 Å². The summed E-state index contributed by atoms with van der Waals surface area (Å²) in [7, 11) is 0. The van der Waals surface area contributed by atoms with Crippen molar-refractivity contribution in [3.8, 4) is 0 Å². The van der Waals surface area contributed by atoms with E-state index in [4.69, 9.17) is 4.74 Å². The van der Waals surface area contributed by atoms with Crippen LogP contribution < -0.4 is 0 Å². The largest absolute Gasteiger partial charge is 0.379 e. The third-order valence-electron chi connectivity index (χ3n) is 5.06. The van der Waals surface area contributed by atoms with Crippen molar-refractivity contribution in [3.05, 3.63) is 35.0 Å². The molecule has 0 bridgehead atoms. The Hall–Kier alpha value is -1.32. The second-order valence-electron chi connectivity index (χ2n) is 6.79. The van der Waals surface area contributed by atoms with Gasteiger partial charge in [0.25, 0.3) is 0 Å². The highest BCUT2D eigenvalue weighted by Gasteiger charge is 2.15. The van der Waals surface area contributed by atoms with E-state index < -0.39 is 0 Å². The average Bonchev–Trinajstić information content (AvgIpc) is 2.81. The maximum absolute atomic E-state index is 5.44. The molecule has 0 spiro atoms. The highest BCUT2D eigenvalue weighted by Crippen LogP contribution is 2.28. The van der Waals surface area contributed by atoms with Gasteiger partial charge in [0.2, 0.25) is 0 Å². The Morgan fingerprint density at radius 1 is 1.09 bits per heavy atom. The van der Waals surface area contributed by atoms with E-state index in [9.17, 15) is 0 Å². The van der Waals surface area contributed by atoms with E-state index in [1.165, 1.54) is 48.0 Å². The zero-order valence-electron chi connectivity index (χ0n) is 14.9. The first-order chi connectivity index (χ1) is 11.2. The summed E-state index contributed by atoms with van der Waals surface area (Å²) in [5.41, 5.74) is 5.80. The summed E-state index contributed by atoms with van der Waals surface area (Å²) < 4.78 is 7.96. The molecular formula is C20H30N2O. The quantitative estimate of drug-likeness (QED) is 0.804. The third-order valence-corrected chi connectivity index (χ3v) is 5.06. The van der Waals surface area contributed by atoms with Crippen molar-refractivity contribution in [2.45, 2.75) is 46.6 Å². The topological polar surface area (TPSA) is 17.4 Å². The van der Waals surface area contributed by atoms with Crippen LogP contribution in [0.25, 0.3) is 10.9 Å². The molecule has 0 saturated carbocycles. The Labute approximate surface area is 140 Å². The molecule has 3 heteroatoms. The van der Waals surface area contributed by atoms with Gasteiger partial charge in [-0.1, -0.05) is 19.1 Å². The normalized spacial score (nSPS) is 16.3. The Morgan fingerprint density at radius 3 is 2.61 bits per heavy atom. The predicted octanol–water partition coefficient (Wildman–Crippen LogP) is 3.93. The summed E-state index contributed by atoms with van der Waals surface area (Å²) in [6.07, 6.45) is 3.60. The average molecular weight is 314 g/mol. The molecule has 1 aromatic carbocycles. The van der Waals surface area contributed by atoms with Crippen molar-refractivity contribution in [3.63, 3.8) is 0 Å². The number of nitrogens with zero attached hydrogens (tertiary/aromatic N) is 2. The van der Waals surface area contributed by atoms with Crippen LogP contribution in [0.15, 0.2) is 18.2 Å². The van der Waals surface area contributed by atoms with E-state index in [2.05, 4.69) is 48.4 Å². The van der Waals surface area contributed by atoms with Gasteiger partial charge in [0, 0.05) is 36.2 Å². The van der Waals surface area contributed by atoms with Crippen LogP contribution in [0, 0.1) is 13.8 Å². The molecule has 0 radical (unpaired) electrons. The minimum Gasteiger partial charge on any atom is -0.379 e. The lowest BCUT2D eigenvalue weighted by atomic mass is 10.0. The van der Waals surface area contributed by atoms with Crippen LogP contribution in [0.4, 0.5) is 0 Å². The molecule has 3 nitrogen and oxygen atoms in total. The molecule has 0 unspecified atom stereocenters. The molecule has 1 aliphatic heterocycles. The lowest BCUT2D eigenvalue weighted by Crippen LogP contribution is -2.36. The van der Waals surface area contributed by atoms with Gasteiger partial charge in [0.1, 0.15) is 0 Å². The van der Waals surface area contributed by atoms with Gasteiger partial charge in [-0.3, -0.25) is 4.90 Å². The van der Waals surface area contributed by atoms with Gasteiger partial charge in [-0.25, -0.2) is 0 Å². The number of benzene rings is 1. The van der Waals surface area contributed by atoms with Crippen molar-refractivity contribution in [2.75, 3.05) is 32.8 Å². The summed E-state index contributed by atoms with van der Waals surface area (Å²) in [4.78, 5) is 2.54. The van der Waals surface area contributed by atoms with Gasteiger partial charge in [0.15, 0.2) is 0 Å². The zero-order valence-corrected chi connectivity index (χ0v) is 14.9. The van der Waals surface area contributed by atoms with Crippen molar-refractivity contribution in [2.24, 2.45) is 0 Å². The molecule has 1 aliphatic rings. The van der Waals surface area contributed by atoms with Gasteiger partial charge < -0.3 is 9.30 Å². The van der Waals surface area contributed by atoms with E-state index >= 15 is 0 Å². The van der Waals surface area contributed by atoms with Crippen LogP contribution in [-0.4, -0.2) is 42.3 Å². The summed E-state index contributed by atoms with van der Waals surface area (Å²) >= 11 is 0. The van der Waals surface area contributed by atoms with E-state index in [1.807, 2.05) is 0 Å². The second-order valence-corrected chi connectivity index (χ2v) is 6.79. The van der Waals surface area contributed by atoms with Crippen LogP contribution in [-0.2, 0) is 17.7 Å². The Kier molecular flexibility index (Phi) is 5.39. The molecule has 1 fully saturated rings. The summed E-state index contributed by atoms with van der Waals surface area (Å²) in [6, 6.07) is 6.93. The standard InChI is InChI=1S/C20H30N2O/c1-4-9-22-17(3)18(19-8-7-16(2)15-20(19)22)6-5-10-21-11-13-23-14-12-21/h7-8,15H,4-6,9-14H2,1-3H3. The van der Waals surface area contributed by atoms with Crippen molar-refractivity contribution >= 4 is 10.9 Å². The minimum absolute atomic E-state index is 0.897. The first-order valence-corrected chi connectivity index (χ1v) is 9.09. The lowest BCUT2D eigenvalue weighted by Gasteiger charge is -2.26. The summed E-state index contributed by atoms with van der Waals surface area (Å²) in [5.74, 6) is 0. The number of hydrogen-bond donors (Lipinski definition) is 0. The molecule has 0 N–H and O–H groups in total. The fraction of sp³-hybridized carbons (Fsp3) is 0.600. The number of hydrogen-bond acceptors (Lipinski definition) is 2. The van der Waals surface area contributed by atoms with Crippen molar-refractivity contribution in [1.29, 1.82) is 0 Å². The van der Waals surface area contributed by atoms with Crippen LogP contribution >= 0.6 is 0 Å². The molecule has 1 saturated heterocycles. The fourth-order valence-electron chi connectivity index (χ4n) is 3.79. The highest BCUT2D eigenvalue weighted by atomic mass is 16.5. The van der Waals surface area contributed by atoms with E-state index in [-0.39, 0.29) is 0 Å². The number of fused-ring (bicyclic) bond motifs is 1. The molecule has 0 atom stereocenters. The molecule has 1 aromatic heterocycles. The van der Waals surface area contributed by atoms with Crippen LogP contribution in [0.5, 0.6) is 0 Å². The van der Waals surface area contributed by atoms with E-state index in [0.717, 1.165) is 32.8 Å². The van der Waals surface area contributed by atoms with Gasteiger partial charge in [0.05, 0.1) is 13.2 Å². The molecular weight excluding hydrogens is 284 g/mol. The summed E-state index contributed by atoms with van der Waals surface area (Å²) in [5, 5.41) is 1.46. The monoisotopic (exact) mass is 314 g/mol. The second kappa shape index (κ2) is 7.50. The molecule has 3 rings (SSSR count). The SMILES string of the molecule is CCCn1c(C)c(CCCN2CCOCC2)c2ccc(C)cc21. The van der Waals surface area contributed by atoms with Crippen molar-refractivity contribution < 1.29 is 4.74 Å². The number of morpholine rings is 1. The highest BCUT2D eigenvalue weighted by molar-refractivity contribution is 5.86. The van der Waals surface area contributed by atoms with Gasteiger partial charge in [-0.05, 0) is 56.8 Å². The van der Waals surface area contributed by atoms with E-state index in [0.29, 0.717) is 0 Å². The maximum Gasteiger partial charge on any atom is 0.0594 e. The Bertz CT molecular complexity index is 653. The molecule has 23 heavy (non-hydrogen) atoms.